The number of hydrogen-bond donors (Lipinski definition) is 5. The molecular weight excluding hydrogens is 556 g/mol. The van der Waals surface area contributed by atoms with E-state index in [1.165, 1.54) is 0 Å². The summed E-state index contributed by atoms with van der Waals surface area (Å²) >= 11 is 5.97. The monoisotopic (exact) mass is 578 g/mol. The van der Waals surface area contributed by atoms with Gasteiger partial charge in [-0.1, -0.05) is 41.9 Å². The van der Waals surface area contributed by atoms with Gasteiger partial charge in [0, 0.05) is 12.6 Å². The van der Waals surface area contributed by atoms with Crippen molar-refractivity contribution in [2.45, 2.75) is 42.0 Å². The number of carboxylic acid groups (broad SMARTS) is 1. The summed E-state index contributed by atoms with van der Waals surface area (Å²) in [6.07, 6.45) is 0.386. The number of hydrogen-bond acceptors (Lipinski definition) is 9. The van der Waals surface area contributed by atoms with Crippen molar-refractivity contribution in [1.82, 2.24) is 15.6 Å². The normalized spacial score (nSPS) is 24.1. The van der Waals surface area contributed by atoms with E-state index in [1.54, 1.807) is 30.3 Å². The number of sulfone groups is 1. The number of β-lactam (4-membered cyclic amide) rings is 1. The predicted octanol–water partition coefficient (Wildman–Crippen LogP) is 0.393. The topological polar surface area (TPSA) is 203 Å². The van der Waals surface area contributed by atoms with Crippen LogP contribution in [0.5, 0.6) is 11.5 Å². The zero-order valence-electron chi connectivity index (χ0n) is 20.2. The van der Waals surface area contributed by atoms with Crippen LogP contribution >= 0.6 is 11.6 Å². The van der Waals surface area contributed by atoms with Gasteiger partial charge < -0.3 is 25.5 Å². The summed E-state index contributed by atoms with van der Waals surface area (Å²) in [4.78, 5) is 50.6. The van der Waals surface area contributed by atoms with E-state index in [0.717, 1.165) is 30.2 Å². The number of phenols is 2. The molecule has 3 amide bonds. The van der Waals surface area contributed by atoms with Crippen molar-refractivity contribution >= 4 is 51.3 Å². The molecule has 0 spiro atoms. The van der Waals surface area contributed by atoms with Crippen LogP contribution in [-0.4, -0.2) is 80.7 Å². The van der Waals surface area contributed by atoms with Gasteiger partial charge in [-0.2, -0.15) is 5.10 Å². The van der Waals surface area contributed by atoms with Crippen molar-refractivity contribution in [3.8, 4) is 11.5 Å². The largest absolute Gasteiger partial charge is 0.504 e. The van der Waals surface area contributed by atoms with Crippen LogP contribution in [0.15, 0.2) is 47.6 Å². The maximum Gasteiger partial charge on any atom is 0.328 e. The quantitative estimate of drug-likeness (QED) is 0.127. The molecule has 1 unspecified atom stereocenters. The Morgan fingerprint density at radius 2 is 1.87 bits per heavy atom. The SMILES string of the molecule is C[C@]1(/C=N/NC(=O)C(Cc2ccccc2)NC(=O)c2ccc(O)c(O)c2Cl)[C@H](C(=O)O)N2C(=O)C[C@H]2S1(=O)=O. The van der Waals surface area contributed by atoms with Crippen LogP contribution in [0, 0.1) is 0 Å². The fourth-order valence-corrected chi connectivity index (χ4v) is 6.99. The molecule has 2 aliphatic heterocycles. The standard InChI is InChI=1S/C24H23ClN4O9S/c1-24(20(23(35)36)29-16(31)10-17(29)39(24,37)38)11-26-28-22(34)14(9-12-5-3-2-4-6-12)27-21(33)13-7-8-15(30)19(32)18(13)25/h2-8,11,14,17,20,30,32H,9-10H2,1H3,(H,27,33)(H,28,34)(H,35,36)/b26-11+/t14?,17-,20+,24+/m1/s1. The first-order chi connectivity index (χ1) is 18.3. The average molecular weight is 579 g/mol. The average Bonchev–Trinajstić information content (AvgIpc) is 3.02. The van der Waals surface area contributed by atoms with Crippen LogP contribution in [0.1, 0.15) is 29.3 Å². The van der Waals surface area contributed by atoms with Gasteiger partial charge in [-0.25, -0.2) is 18.6 Å². The minimum Gasteiger partial charge on any atom is -0.504 e. The molecule has 15 heteroatoms. The molecule has 4 atom stereocenters. The fourth-order valence-electron chi connectivity index (χ4n) is 4.53. The fraction of sp³-hybridized carbons (Fsp3) is 0.292. The first-order valence-electron chi connectivity index (χ1n) is 11.5. The summed E-state index contributed by atoms with van der Waals surface area (Å²) in [5.41, 5.74) is 2.55. The summed E-state index contributed by atoms with van der Waals surface area (Å²) in [5, 5.41) is 33.5. The van der Waals surface area contributed by atoms with E-state index in [-0.39, 0.29) is 18.4 Å². The zero-order chi connectivity index (χ0) is 28.7. The predicted molar refractivity (Wildman–Crippen MR) is 137 cm³/mol. The Kier molecular flexibility index (Phi) is 7.27. The maximum atomic E-state index is 13.1. The second kappa shape index (κ2) is 10.2. The highest BCUT2D eigenvalue weighted by Gasteiger charge is 2.69. The van der Waals surface area contributed by atoms with Crippen molar-refractivity contribution < 1.29 is 42.9 Å². The van der Waals surface area contributed by atoms with E-state index >= 15 is 0 Å². The second-order valence-corrected chi connectivity index (χ2v) is 12.1. The number of fused-ring (bicyclic) bond motifs is 1. The van der Waals surface area contributed by atoms with Crippen molar-refractivity contribution in [3.05, 3.63) is 58.6 Å². The van der Waals surface area contributed by atoms with Crippen molar-refractivity contribution in [2.75, 3.05) is 0 Å². The van der Waals surface area contributed by atoms with E-state index in [9.17, 15) is 42.9 Å². The van der Waals surface area contributed by atoms with E-state index in [2.05, 4.69) is 15.8 Å². The molecule has 4 rings (SSSR count). The van der Waals surface area contributed by atoms with Gasteiger partial charge in [0.25, 0.3) is 11.8 Å². The van der Waals surface area contributed by atoms with Gasteiger partial charge in [0.1, 0.15) is 16.2 Å². The number of phenolic OH excluding ortho intramolecular Hbond substituents is 2. The van der Waals surface area contributed by atoms with Crippen LogP contribution in [0.4, 0.5) is 0 Å². The third-order valence-corrected chi connectivity index (χ3v) is 9.76. The molecule has 2 heterocycles. The number of nitrogens with zero attached hydrogens (tertiary/aromatic N) is 2. The summed E-state index contributed by atoms with van der Waals surface area (Å²) in [6, 6.07) is 7.72. The number of carbonyl (C=O) groups is 4. The third kappa shape index (κ3) is 4.76. The number of carbonyl (C=O) groups excluding carboxylic acids is 3. The molecule has 2 aromatic carbocycles. The molecule has 0 aromatic heterocycles. The molecule has 5 N–H and O–H groups in total. The lowest BCUT2D eigenvalue weighted by Crippen LogP contribution is -2.57. The molecule has 2 aromatic rings. The van der Waals surface area contributed by atoms with Crippen LogP contribution in [0.25, 0.3) is 0 Å². The van der Waals surface area contributed by atoms with Crippen molar-refractivity contribution in [1.29, 1.82) is 0 Å². The van der Waals surface area contributed by atoms with Crippen LogP contribution in [-0.2, 0) is 30.6 Å². The van der Waals surface area contributed by atoms with Gasteiger partial charge in [0.2, 0.25) is 5.91 Å². The number of benzene rings is 2. The molecular formula is C24H23ClN4O9S. The number of nitrogens with one attached hydrogen (secondary N) is 2. The van der Waals surface area contributed by atoms with Gasteiger partial charge in [-0.05, 0) is 24.6 Å². The number of aliphatic carboxylic acids is 1. The molecule has 0 radical (unpaired) electrons. The van der Waals surface area contributed by atoms with Gasteiger partial charge in [0.15, 0.2) is 27.4 Å². The Bertz CT molecular complexity index is 1500. The van der Waals surface area contributed by atoms with Gasteiger partial charge >= 0.3 is 5.97 Å². The van der Waals surface area contributed by atoms with Crippen LogP contribution < -0.4 is 10.7 Å². The number of halogens is 1. The second-order valence-electron chi connectivity index (χ2n) is 9.17. The minimum atomic E-state index is -4.19. The Morgan fingerprint density at radius 3 is 2.49 bits per heavy atom. The molecule has 0 saturated carbocycles. The molecule has 2 fully saturated rings. The lowest BCUT2D eigenvalue weighted by atomic mass is 9.97. The number of aromatic hydroxyl groups is 2. The van der Waals surface area contributed by atoms with E-state index < -0.39 is 72.3 Å². The molecule has 39 heavy (non-hydrogen) atoms. The first-order valence-corrected chi connectivity index (χ1v) is 13.4. The lowest BCUT2D eigenvalue weighted by molar-refractivity contribution is -0.156. The summed E-state index contributed by atoms with van der Waals surface area (Å²) in [6.45, 7) is 1.10. The van der Waals surface area contributed by atoms with E-state index in [0.29, 0.717) is 5.56 Å². The van der Waals surface area contributed by atoms with E-state index in [4.69, 9.17) is 11.6 Å². The Labute approximate surface area is 227 Å². The van der Waals surface area contributed by atoms with E-state index in [1.807, 2.05) is 0 Å². The highest BCUT2D eigenvalue weighted by atomic mass is 35.5. The highest BCUT2D eigenvalue weighted by molar-refractivity contribution is 7.94. The Balaban J connectivity index is 1.58. The van der Waals surface area contributed by atoms with Crippen molar-refractivity contribution in [2.24, 2.45) is 5.10 Å². The number of amides is 3. The summed E-state index contributed by atoms with van der Waals surface area (Å²) < 4.78 is 23.9. The Morgan fingerprint density at radius 1 is 1.21 bits per heavy atom. The number of rotatable bonds is 8. The lowest BCUT2D eigenvalue weighted by Gasteiger charge is -2.35. The van der Waals surface area contributed by atoms with Gasteiger partial charge in [0.05, 0.1) is 17.0 Å². The van der Waals surface area contributed by atoms with Gasteiger partial charge in [-0.15, -0.1) is 0 Å². The first kappa shape index (κ1) is 27.9. The molecule has 13 nitrogen and oxygen atoms in total. The molecule has 0 aliphatic carbocycles. The molecule has 2 saturated heterocycles. The zero-order valence-corrected chi connectivity index (χ0v) is 21.8. The number of hydrazone groups is 1. The van der Waals surface area contributed by atoms with Gasteiger partial charge in [-0.3, -0.25) is 14.4 Å². The Hall–Kier alpha value is -4.17. The summed E-state index contributed by atoms with van der Waals surface area (Å²) in [5.74, 6) is -5.19. The number of carboxylic acids is 1. The van der Waals surface area contributed by atoms with Crippen LogP contribution in [0.2, 0.25) is 5.02 Å². The summed E-state index contributed by atoms with van der Waals surface area (Å²) in [7, 11) is -4.19. The highest BCUT2D eigenvalue weighted by Crippen LogP contribution is 2.45. The minimum absolute atomic E-state index is 0.0344. The smallest absolute Gasteiger partial charge is 0.328 e. The molecule has 206 valence electrons. The van der Waals surface area contributed by atoms with Crippen molar-refractivity contribution in [3.63, 3.8) is 0 Å². The maximum absolute atomic E-state index is 13.1. The molecule has 2 aliphatic rings. The third-order valence-electron chi connectivity index (χ3n) is 6.71. The van der Waals surface area contributed by atoms with Crippen LogP contribution in [0.3, 0.4) is 0 Å². The molecule has 0 bridgehead atoms.